The molecule has 3 heterocycles. The molecule has 4 rings (SSSR count). The van der Waals surface area contributed by atoms with Gasteiger partial charge in [0, 0.05) is 30.4 Å². The van der Waals surface area contributed by atoms with E-state index in [1.807, 2.05) is 0 Å². The predicted molar refractivity (Wildman–Crippen MR) is 93.1 cm³/mol. The molecule has 1 aliphatic carbocycles. The molecular formula is C18H28N4O3. The minimum atomic E-state index is -0.250. The van der Waals surface area contributed by atoms with Gasteiger partial charge in [0.2, 0.25) is 5.91 Å². The van der Waals surface area contributed by atoms with Gasteiger partial charge in [0.05, 0.1) is 5.69 Å². The SMILES string of the molecule is Cc1n[nH]c(C)c1CN1CCCC12CCCN(C1CC1)C2=O.O=CO. The molecule has 1 aromatic heterocycles. The van der Waals surface area contributed by atoms with E-state index in [0.29, 0.717) is 11.9 Å². The Balaban J connectivity index is 0.000000569. The maximum atomic E-state index is 13.2. The number of amides is 1. The van der Waals surface area contributed by atoms with Crippen molar-refractivity contribution in [2.45, 2.75) is 70.5 Å². The smallest absolute Gasteiger partial charge is 0.290 e. The summed E-state index contributed by atoms with van der Waals surface area (Å²) in [5, 5.41) is 14.3. The molecule has 1 aromatic rings. The van der Waals surface area contributed by atoms with E-state index in [0.717, 1.165) is 56.7 Å². The number of H-pyrrole nitrogens is 1. The molecule has 2 N–H and O–H groups in total. The molecule has 3 fully saturated rings. The minimum Gasteiger partial charge on any atom is -0.483 e. The van der Waals surface area contributed by atoms with Crippen LogP contribution in [-0.2, 0) is 16.1 Å². The van der Waals surface area contributed by atoms with E-state index in [1.54, 1.807) is 0 Å². The van der Waals surface area contributed by atoms with E-state index in [4.69, 9.17) is 9.90 Å². The highest BCUT2D eigenvalue weighted by Crippen LogP contribution is 2.42. The van der Waals surface area contributed by atoms with Gasteiger partial charge in [-0.1, -0.05) is 0 Å². The summed E-state index contributed by atoms with van der Waals surface area (Å²) in [4.78, 5) is 26.2. The van der Waals surface area contributed by atoms with Crippen molar-refractivity contribution in [3.63, 3.8) is 0 Å². The van der Waals surface area contributed by atoms with Gasteiger partial charge in [-0.15, -0.1) is 0 Å². The van der Waals surface area contributed by atoms with Gasteiger partial charge in [0.15, 0.2) is 0 Å². The topological polar surface area (TPSA) is 89.5 Å². The molecule has 2 saturated heterocycles. The highest BCUT2D eigenvalue weighted by molar-refractivity contribution is 5.88. The van der Waals surface area contributed by atoms with Crippen LogP contribution < -0.4 is 0 Å². The summed E-state index contributed by atoms with van der Waals surface area (Å²) < 4.78 is 0. The van der Waals surface area contributed by atoms with Crippen LogP contribution in [0.2, 0.25) is 0 Å². The molecule has 1 atom stereocenters. The van der Waals surface area contributed by atoms with Crippen LogP contribution in [0.25, 0.3) is 0 Å². The van der Waals surface area contributed by atoms with Crippen LogP contribution in [0.5, 0.6) is 0 Å². The number of nitrogens with one attached hydrogen (secondary N) is 1. The molecule has 3 aliphatic rings. The monoisotopic (exact) mass is 348 g/mol. The van der Waals surface area contributed by atoms with Crippen LogP contribution in [0.15, 0.2) is 0 Å². The van der Waals surface area contributed by atoms with Crippen LogP contribution in [0.1, 0.15) is 55.5 Å². The first-order valence-electron chi connectivity index (χ1n) is 9.18. The second-order valence-electron chi connectivity index (χ2n) is 7.41. The molecule has 1 spiro atoms. The first-order chi connectivity index (χ1) is 12.0. The van der Waals surface area contributed by atoms with Crippen molar-refractivity contribution in [2.24, 2.45) is 0 Å². The Kier molecular flexibility index (Phi) is 5.13. The second kappa shape index (κ2) is 7.15. The zero-order chi connectivity index (χ0) is 18.0. The fourth-order valence-corrected chi connectivity index (χ4v) is 4.44. The van der Waals surface area contributed by atoms with E-state index in [9.17, 15) is 4.79 Å². The van der Waals surface area contributed by atoms with Gasteiger partial charge in [-0.3, -0.25) is 19.6 Å². The molecule has 7 nitrogen and oxygen atoms in total. The van der Waals surface area contributed by atoms with Gasteiger partial charge in [0.1, 0.15) is 5.54 Å². The first kappa shape index (κ1) is 17.9. The van der Waals surface area contributed by atoms with E-state index in [-0.39, 0.29) is 12.0 Å². The fraction of sp³-hybridized carbons (Fsp3) is 0.722. The number of carboxylic acid groups (broad SMARTS) is 1. The van der Waals surface area contributed by atoms with Crippen molar-refractivity contribution < 1.29 is 14.7 Å². The van der Waals surface area contributed by atoms with Gasteiger partial charge in [0.25, 0.3) is 6.47 Å². The van der Waals surface area contributed by atoms with E-state index in [2.05, 4.69) is 33.8 Å². The third-order valence-corrected chi connectivity index (χ3v) is 5.89. The molecule has 2 aliphatic heterocycles. The number of likely N-dealkylation sites (tertiary alicyclic amines) is 2. The number of aromatic amines is 1. The normalized spacial score (nSPS) is 26.6. The standard InChI is InChI=1S/C17H26N4O.CH2O2/c1-12-15(13(2)19-18-12)11-20-9-3-7-17(20)8-4-10-21(16(17)22)14-5-6-14;2-1-3/h14H,3-11H2,1-2H3,(H,18,19);1H,(H,2,3). The lowest BCUT2D eigenvalue weighted by atomic mass is 9.85. The Bertz CT molecular complexity index is 621. The zero-order valence-electron chi connectivity index (χ0n) is 15.1. The molecule has 1 unspecified atom stereocenters. The van der Waals surface area contributed by atoms with Crippen molar-refractivity contribution in [2.75, 3.05) is 13.1 Å². The van der Waals surface area contributed by atoms with Crippen molar-refractivity contribution in [3.8, 4) is 0 Å². The van der Waals surface area contributed by atoms with Gasteiger partial charge < -0.3 is 10.0 Å². The largest absolute Gasteiger partial charge is 0.483 e. The molecule has 0 bridgehead atoms. The summed E-state index contributed by atoms with van der Waals surface area (Å²) in [7, 11) is 0. The Morgan fingerprint density at radius 3 is 2.48 bits per heavy atom. The average Bonchev–Trinajstić information content (AvgIpc) is 3.28. The number of rotatable bonds is 3. The van der Waals surface area contributed by atoms with Crippen molar-refractivity contribution >= 4 is 12.4 Å². The van der Waals surface area contributed by atoms with Crippen molar-refractivity contribution in [1.82, 2.24) is 20.0 Å². The lowest BCUT2D eigenvalue weighted by Crippen LogP contribution is -2.60. The molecule has 25 heavy (non-hydrogen) atoms. The Morgan fingerprint density at radius 2 is 1.92 bits per heavy atom. The van der Waals surface area contributed by atoms with Crippen molar-refractivity contribution in [1.29, 1.82) is 0 Å². The molecule has 7 heteroatoms. The number of carbonyl (C=O) groups excluding carboxylic acids is 1. The number of aromatic nitrogens is 2. The number of hydrogen-bond donors (Lipinski definition) is 2. The van der Waals surface area contributed by atoms with Crippen LogP contribution >= 0.6 is 0 Å². The van der Waals surface area contributed by atoms with Crippen LogP contribution in [-0.4, -0.2) is 62.2 Å². The Hall–Kier alpha value is -1.89. The van der Waals surface area contributed by atoms with Gasteiger partial charge in [-0.05, 0) is 58.9 Å². The fourth-order valence-electron chi connectivity index (χ4n) is 4.44. The summed E-state index contributed by atoms with van der Waals surface area (Å²) in [5.74, 6) is 0.414. The lowest BCUT2D eigenvalue weighted by Gasteiger charge is -2.45. The van der Waals surface area contributed by atoms with Crippen LogP contribution in [0.4, 0.5) is 0 Å². The minimum absolute atomic E-state index is 0.225. The number of hydrogen-bond acceptors (Lipinski definition) is 4. The maximum Gasteiger partial charge on any atom is 0.290 e. The highest BCUT2D eigenvalue weighted by Gasteiger charge is 2.53. The molecular weight excluding hydrogens is 320 g/mol. The molecule has 138 valence electrons. The third-order valence-electron chi connectivity index (χ3n) is 5.89. The lowest BCUT2D eigenvalue weighted by molar-refractivity contribution is -0.148. The molecule has 0 aromatic carbocycles. The summed E-state index contributed by atoms with van der Waals surface area (Å²) >= 11 is 0. The van der Waals surface area contributed by atoms with Gasteiger partial charge in [-0.2, -0.15) is 5.10 Å². The number of aryl methyl sites for hydroxylation is 2. The quantitative estimate of drug-likeness (QED) is 0.814. The predicted octanol–water partition coefficient (Wildman–Crippen LogP) is 1.85. The number of nitrogens with zero attached hydrogens (tertiary/aromatic N) is 3. The number of carbonyl (C=O) groups is 2. The number of piperidine rings is 1. The maximum absolute atomic E-state index is 13.2. The molecule has 0 radical (unpaired) electrons. The van der Waals surface area contributed by atoms with Crippen molar-refractivity contribution in [3.05, 3.63) is 17.0 Å². The summed E-state index contributed by atoms with van der Waals surface area (Å²) in [5.41, 5.74) is 3.26. The highest BCUT2D eigenvalue weighted by atomic mass is 16.3. The summed E-state index contributed by atoms with van der Waals surface area (Å²) in [6, 6.07) is 0.546. The summed E-state index contributed by atoms with van der Waals surface area (Å²) in [6.07, 6.45) is 6.78. The Morgan fingerprint density at radius 1 is 1.28 bits per heavy atom. The average molecular weight is 348 g/mol. The van der Waals surface area contributed by atoms with Gasteiger partial charge >= 0.3 is 0 Å². The van der Waals surface area contributed by atoms with E-state index >= 15 is 0 Å². The second-order valence-corrected chi connectivity index (χ2v) is 7.41. The third kappa shape index (κ3) is 3.29. The summed E-state index contributed by atoms with van der Waals surface area (Å²) in [6.45, 7) is 6.76. The van der Waals surface area contributed by atoms with Crippen LogP contribution in [0, 0.1) is 13.8 Å². The zero-order valence-corrected chi connectivity index (χ0v) is 15.1. The van der Waals surface area contributed by atoms with E-state index < -0.39 is 0 Å². The first-order valence-corrected chi connectivity index (χ1v) is 9.18. The van der Waals surface area contributed by atoms with E-state index in [1.165, 1.54) is 18.4 Å². The Labute approximate surface area is 148 Å². The molecule has 1 amide bonds. The van der Waals surface area contributed by atoms with Gasteiger partial charge in [-0.25, -0.2) is 0 Å². The van der Waals surface area contributed by atoms with Crippen LogP contribution in [0.3, 0.4) is 0 Å². The molecule has 1 saturated carbocycles.